The zero-order valence-electron chi connectivity index (χ0n) is 11.0. The van der Waals surface area contributed by atoms with Gasteiger partial charge in [-0.3, -0.25) is 4.79 Å². The largest absolute Gasteiger partial charge is 0.279 e. The highest BCUT2D eigenvalue weighted by Crippen LogP contribution is 2.09. The standard InChI is InChI=1S/C17H16OS/c1-2-3-5-14-7-9-15(10-8-14)17(18)12-11-16-6-4-13-19-16/h4,6-10,13H,2-3,5H2,1H3. The summed E-state index contributed by atoms with van der Waals surface area (Å²) in [5.41, 5.74) is 1.95. The van der Waals surface area contributed by atoms with Crippen molar-refractivity contribution in [1.82, 2.24) is 0 Å². The summed E-state index contributed by atoms with van der Waals surface area (Å²) in [6.07, 6.45) is 3.45. The fourth-order valence-corrected chi connectivity index (χ4v) is 2.31. The van der Waals surface area contributed by atoms with Gasteiger partial charge in [0.1, 0.15) is 0 Å². The molecule has 0 aliphatic carbocycles. The Morgan fingerprint density at radius 2 is 2.00 bits per heavy atom. The van der Waals surface area contributed by atoms with Crippen LogP contribution in [0.5, 0.6) is 0 Å². The first-order valence-corrected chi connectivity index (χ1v) is 7.36. The van der Waals surface area contributed by atoms with Gasteiger partial charge < -0.3 is 0 Å². The predicted octanol–water partition coefficient (Wildman–Crippen LogP) is 4.33. The van der Waals surface area contributed by atoms with Crippen LogP contribution in [0.2, 0.25) is 0 Å². The van der Waals surface area contributed by atoms with Gasteiger partial charge in [-0.2, -0.15) is 0 Å². The number of rotatable bonds is 4. The molecule has 1 heterocycles. The average molecular weight is 268 g/mol. The van der Waals surface area contributed by atoms with Gasteiger partial charge in [0.25, 0.3) is 0 Å². The number of hydrogen-bond acceptors (Lipinski definition) is 2. The van der Waals surface area contributed by atoms with E-state index in [2.05, 4.69) is 18.8 Å². The van der Waals surface area contributed by atoms with Crippen LogP contribution in [0.4, 0.5) is 0 Å². The number of ketones is 1. The Morgan fingerprint density at radius 3 is 2.63 bits per heavy atom. The van der Waals surface area contributed by atoms with Crippen LogP contribution in [-0.2, 0) is 6.42 Å². The van der Waals surface area contributed by atoms with Crippen molar-refractivity contribution < 1.29 is 4.79 Å². The average Bonchev–Trinajstić information content (AvgIpc) is 2.96. The predicted molar refractivity (Wildman–Crippen MR) is 80.6 cm³/mol. The van der Waals surface area contributed by atoms with E-state index in [0.29, 0.717) is 5.56 Å². The lowest BCUT2D eigenvalue weighted by Crippen LogP contribution is -1.95. The number of unbranched alkanes of at least 4 members (excludes halogenated alkanes) is 1. The van der Waals surface area contributed by atoms with Crippen molar-refractivity contribution in [3.8, 4) is 11.8 Å². The number of hydrogen-bond donors (Lipinski definition) is 0. The summed E-state index contributed by atoms with van der Waals surface area (Å²) < 4.78 is 0. The minimum absolute atomic E-state index is 0.115. The van der Waals surface area contributed by atoms with Crippen LogP contribution in [0, 0.1) is 11.8 Å². The summed E-state index contributed by atoms with van der Waals surface area (Å²) in [7, 11) is 0. The molecule has 0 saturated heterocycles. The van der Waals surface area contributed by atoms with Crippen molar-refractivity contribution in [2.24, 2.45) is 0 Å². The number of Topliss-reactive ketones (excluding diaryl/α,β-unsaturated/α-hetero) is 1. The molecule has 96 valence electrons. The molecular weight excluding hydrogens is 252 g/mol. The van der Waals surface area contributed by atoms with Gasteiger partial charge in [-0.15, -0.1) is 11.3 Å². The molecule has 2 rings (SSSR count). The minimum atomic E-state index is -0.115. The Balaban J connectivity index is 2.03. The first kappa shape index (κ1) is 13.6. The normalized spacial score (nSPS) is 9.74. The highest BCUT2D eigenvalue weighted by molar-refractivity contribution is 7.10. The third-order valence-electron chi connectivity index (χ3n) is 2.86. The number of aryl methyl sites for hydroxylation is 1. The van der Waals surface area contributed by atoms with E-state index >= 15 is 0 Å². The second-order valence-corrected chi connectivity index (χ2v) is 5.30. The van der Waals surface area contributed by atoms with E-state index in [9.17, 15) is 4.79 Å². The van der Waals surface area contributed by atoms with Crippen LogP contribution >= 0.6 is 11.3 Å². The number of carbonyl (C=O) groups is 1. The van der Waals surface area contributed by atoms with Gasteiger partial charge in [0.2, 0.25) is 5.78 Å². The summed E-state index contributed by atoms with van der Waals surface area (Å²) in [6.45, 7) is 2.18. The van der Waals surface area contributed by atoms with Crippen molar-refractivity contribution in [1.29, 1.82) is 0 Å². The van der Waals surface area contributed by atoms with E-state index in [4.69, 9.17) is 0 Å². The maximum Gasteiger partial charge on any atom is 0.236 e. The second-order valence-electron chi connectivity index (χ2n) is 4.36. The van der Waals surface area contributed by atoms with Crippen molar-refractivity contribution in [2.75, 3.05) is 0 Å². The Hall–Kier alpha value is -1.85. The molecule has 1 nitrogen and oxygen atoms in total. The Labute approximate surface area is 118 Å². The summed E-state index contributed by atoms with van der Waals surface area (Å²) in [4.78, 5) is 12.8. The van der Waals surface area contributed by atoms with Crippen molar-refractivity contribution in [3.05, 3.63) is 57.8 Å². The smallest absolute Gasteiger partial charge is 0.236 e. The van der Waals surface area contributed by atoms with Gasteiger partial charge in [-0.05, 0) is 41.7 Å². The molecule has 0 atom stereocenters. The van der Waals surface area contributed by atoms with Crippen LogP contribution in [0.25, 0.3) is 0 Å². The minimum Gasteiger partial charge on any atom is -0.279 e. The van der Waals surface area contributed by atoms with Crippen LogP contribution < -0.4 is 0 Å². The van der Waals surface area contributed by atoms with Gasteiger partial charge in [-0.1, -0.05) is 43.7 Å². The van der Waals surface area contributed by atoms with Crippen molar-refractivity contribution in [2.45, 2.75) is 26.2 Å². The monoisotopic (exact) mass is 268 g/mol. The van der Waals surface area contributed by atoms with Gasteiger partial charge in [0.15, 0.2) is 0 Å². The van der Waals surface area contributed by atoms with E-state index in [1.807, 2.05) is 41.8 Å². The maximum absolute atomic E-state index is 11.9. The molecule has 0 radical (unpaired) electrons. The van der Waals surface area contributed by atoms with Crippen LogP contribution in [0.3, 0.4) is 0 Å². The molecule has 0 N–H and O–H groups in total. The number of thiophene rings is 1. The van der Waals surface area contributed by atoms with E-state index in [0.717, 1.165) is 11.3 Å². The Kier molecular flexibility index (Phi) is 4.94. The quantitative estimate of drug-likeness (QED) is 0.596. The lowest BCUT2D eigenvalue weighted by atomic mass is 10.0. The molecule has 2 aromatic rings. The molecule has 1 aromatic heterocycles. The van der Waals surface area contributed by atoms with E-state index in [-0.39, 0.29) is 5.78 Å². The highest BCUT2D eigenvalue weighted by atomic mass is 32.1. The van der Waals surface area contributed by atoms with E-state index in [1.165, 1.54) is 18.4 Å². The van der Waals surface area contributed by atoms with Gasteiger partial charge in [0, 0.05) is 5.56 Å². The lowest BCUT2D eigenvalue weighted by molar-refractivity contribution is 0.105. The van der Waals surface area contributed by atoms with Crippen LogP contribution in [0.1, 0.15) is 40.6 Å². The second kappa shape index (κ2) is 6.92. The van der Waals surface area contributed by atoms with Gasteiger partial charge in [-0.25, -0.2) is 0 Å². The molecule has 0 spiro atoms. The van der Waals surface area contributed by atoms with Crippen LogP contribution in [0.15, 0.2) is 41.8 Å². The fraction of sp³-hybridized carbons (Fsp3) is 0.235. The van der Waals surface area contributed by atoms with Crippen molar-refractivity contribution in [3.63, 3.8) is 0 Å². The lowest BCUT2D eigenvalue weighted by Gasteiger charge is -2.00. The molecule has 0 amide bonds. The Bertz CT molecular complexity index is 582. The van der Waals surface area contributed by atoms with E-state index < -0.39 is 0 Å². The third-order valence-corrected chi connectivity index (χ3v) is 3.64. The molecule has 0 saturated carbocycles. The fourth-order valence-electron chi connectivity index (χ4n) is 1.74. The topological polar surface area (TPSA) is 17.1 Å². The molecule has 1 aromatic carbocycles. The molecule has 0 aliphatic heterocycles. The van der Waals surface area contributed by atoms with E-state index in [1.54, 1.807) is 11.3 Å². The molecule has 0 fully saturated rings. The number of benzene rings is 1. The summed E-state index contributed by atoms with van der Waals surface area (Å²) >= 11 is 1.55. The van der Waals surface area contributed by atoms with Crippen molar-refractivity contribution >= 4 is 17.1 Å². The van der Waals surface area contributed by atoms with Gasteiger partial charge >= 0.3 is 0 Å². The number of carbonyl (C=O) groups excluding carboxylic acids is 1. The molecule has 2 heteroatoms. The molecule has 0 unspecified atom stereocenters. The van der Waals surface area contributed by atoms with Crippen LogP contribution in [-0.4, -0.2) is 5.78 Å². The first-order chi connectivity index (χ1) is 9.29. The summed E-state index contributed by atoms with van der Waals surface area (Å²) in [5.74, 6) is 5.46. The summed E-state index contributed by atoms with van der Waals surface area (Å²) in [6, 6.07) is 11.6. The molecular formula is C17H16OS. The molecule has 19 heavy (non-hydrogen) atoms. The zero-order chi connectivity index (χ0) is 13.5. The third kappa shape index (κ3) is 4.08. The SMILES string of the molecule is CCCCc1ccc(C(=O)C#Cc2cccs2)cc1. The van der Waals surface area contributed by atoms with Gasteiger partial charge in [0.05, 0.1) is 4.88 Å². The highest BCUT2D eigenvalue weighted by Gasteiger charge is 2.02. The molecule has 0 bridgehead atoms. The first-order valence-electron chi connectivity index (χ1n) is 6.48. The Morgan fingerprint density at radius 1 is 1.21 bits per heavy atom. The maximum atomic E-state index is 11.9. The summed E-state index contributed by atoms with van der Waals surface area (Å²) in [5, 5.41) is 1.96. The molecule has 0 aliphatic rings. The zero-order valence-corrected chi connectivity index (χ0v) is 11.8.